The third kappa shape index (κ3) is 2.28. The highest BCUT2D eigenvalue weighted by molar-refractivity contribution is 8.00. The number of hydrazine groups is 1. The first-order valence-electron chi connectivity index (χ1n) is 6.44. The van der Waals surface area contributed by atoms with E-state index in [0.717, 1.165) is 16.7 Å². The van der Waals surface area contributed by atoms with Gasteiger partial charge in [-0.15, -0.1) is 0 Å². The lowest BCUT2D eigenvalue weighted by Gasteiger charge is -2.27. The number of nitrogens with one attached hydrogen (secondary N) is 1. The zero-order chi connectivity index (χ0) is 12.4. The molecule has 0 radical (unpaired) electrons. The quantitative estimate of drug-likeness (QED) is 0.658. The molecule has 0 amide bonds. The zero-order valence-corrected chi connectivity index (χ0v) is 11.1. The number of hydrogen-bond donors (Lipinski definition) is 2. The molecule has 1 aliphatic rings. The second-order valence-electron chi connectivity index (χ2n) is 4.74. The van der Waals surface area contributed by atoms with Crippen LogP contribution in [0.5, 0.6) is 0 Å². The summed E-state index contributed by atoms with van der Waals surface area (Å²) in [4.78, 5) is 0. The molecule has 96 valence electrons. The number of thioether (sulfide) groups is 1. The lowest BCUT2D eigenvalue weighted by atomic mass is 10.1. The van der Waals surface area contributed by atoms with Crippen LogP contribution in [0.25, 0.3) is 11.0 Å². The third-order valence-corrected chi connectivity index (χ3v) is 4.98. The number of benzene rings is 1. The van der Waals surface area contributed by atoms with Gasteiger partial charge in [-0.2, -0.15) is 11.8 Å². The number of rotatable bonds is 3. The molecule has 2 aromatic rings. The molecule has 0 aliphatic carbocycles. The van der Waals surface area contributed by atoms with Crippen molar-refractivity contribution in [1.29, 1.82) is 0 Å². The lowest BCUT2D eigenvalue weighted by Crippen LogP contribution is -2.36. The largest absolute Gasteiger partial charge is 0.459 e. The smallest absolute Gasteiger partial charge is 0.134 e. The number of nitrogens with two attached hydrogens (primary N) is 1. The van der Waals surface area contributed by atoms with Crippen molar-refractivity contribution in [2.75, 3.05) is 5.75 Å². The molecule has 18 heavy (non-hydrogen) atoms. The van der Waals surface area contributed by atoms with Gasteiger partial charge in [0.2, 0.25) is 0 Å². The first kappa shape index (κ1) is 12.1. The summed E-state index contributed by atoms with van der Waals surface area (Å²) in [5.74, 6) is 7.92. The van der Waals surface area contributed by atoms with E-state index >= 15 is 0 Å². The van der Waals surface area contributed by atoms with Gasteiger partial charge < -0.3 is 4.42 Å². The molecular weight excluding hydrogens is 244 g/mol. The minimum Gasteiger partial charge on any atom is -0.459 e. The van der Waals surface area contributed by atoms with Gasteiger partial charge in [0.25, 0.3) is 0 Å². The Balaban J connectivity index is 1.90. The summed E-state index contributed by atoms with van der Waals surface area (Å²) in [6.07, 6.45) is 3.81. The van der Waals surface area contributed by atoms with Crippen molar-refractivity contribution in [2.45, 2.75) is 30.6 Å². The van der Waals surface area contributed by atoms with Crippen LogP contribution in [-0.4, -0.2) is 11.0 Å². The zero-order valence-electron chi connectivity index (χ0n) is 10.3. The second-order valence-corrected chi connectivity index (χ2v) is 6.08. The monoisotopic (exact) mass is 262 g/mol. The second kappa shape index (κ2) is 5.34. The van der Waals surface area contributed by atoms with Crippen molar-refractivity contribution in [1.82, 2.24) is 5.43 Å². The van der Waals surface area contributed by atoms with Crippen LogP contribution < -0.4 is 11.3 Å². The highest BCUT2D eigenvalue weighted by Gasteiger charge is 2.27. The molecule has 2 unspecified atom stereocenters. The predicted octanol–water partition coefficient (Wildman–Crippen LogP) is 3.22. The topological polar surface area (TPSA) is 51.2 Å². The Bertz CT molecular complexity index is 486. The molecule has 1 fully saturated rings. The van der Waals surface area contributed by atoms with Crippen molar-refractivity contribution < 1.29 is 4.42 Å². The average Bonchev–Trinajstić information content (AvgIpc) is 2.84. The molecule has 4 heteroatoms. The summed E-state index contributed by atoms with van der Waals surface area (Å²) in [5, 5.41) is 1.66. The maximum Gasteiger partial charge on any atom is 0.134 e. The average molecular weight is 262 g/mol. The number of fused-ring (bicyclic) bond motifs is 1. The Kier molecular flexibility index (Phi) is 3.59. The van der Waals surface area contributed by atoms with Gasteiger partial charge in [0.15, 0.2) is 0 Å². The van der Waals surface area contributed by atoms with Crippen LogP contribution in [0.3, 0.4) is 0 Å². The summed E-state index contributed by atoms with van der Waals surface area (Å²) in [7, 11) is 0. The van der Waals surface area contributed by atoms with Crippen LogP contribution in [0.2, 0.25) is 0 Å². The minimum absolute atomic E-state index is 0.114. The van der Waals surface area contributed by atoms with Crippen molar-refractivity contribution in [3.05, 3.63) is 36.1 Å². The minimum atomic E-state index is 0.114. The molecule has 3 N–H and O–H groups in total. The maximum absolute atomic E-state index is 5.92. The molecule has 0 bridgehead atoms. The Labute approximate surface area is 111 Å². The van der Waals surface area contributed by atoms with Crippen LogP contribution in [0.15, 0.2) is 34.7 Å². The maximum atomic E-state index is 5.92. The van der Waals surface area contributed by atoms with Crippen LogP contribution >= 0.6 is 11.8 Å². The molecule has 1 aliphatic heterocycles. The van der Waals surface area contributed by atoms with E-state index in [4.69, 9.17) is 10.3 Å². The molecule has 2 heterocycles. The van der Waals surface area contributed by atoms with Crippen molar-refractivity contribution in [3.8, 4) is 0 Å². The fourth-order valence-corrected chi connectivity index (χ4v) is 3.97. The third-order valence-electron chi connectivity index (χ3n) is 3.52. The fraction of sp³-hybridized carbons (Fsp3) is 0.429. The summed E-state index contributed by atoms with van der Waals surface area (Å²) in [6, 6.07) is 10.3. The van der Waals surface area contributed by atoms with E-state index in [1.165, 1.54) is 25.0 Å². The van der Waals surface area contributed by atoms with Crippen molar-refractivity contribution in [2.24, 2.45) is 5.84 Å². The first-order chi connectivity index (χ1) is 8.88. The molecule has 2 atom stereocenters. The van der Waals surface area contributed by atoms with Crippen LogP contribution in [-0.2, 0) is 0 Å². The molecule has 0 spiro atoms. The van der Waals surface area contributed by atoms with Crippen LogP contribution in [0, 0.1) is 0 Å². The molecule has 3 rings (SSSR count). The van der Waals surface area contributed by atoms with E-state index in [2.05, 4.69) is 17.6 Å². The lowest BCUT2D eigenvalue weighted by molar-refractivity contribution is 0.409. The van der Waals surface area contributed by atoms with Gasteiger partial charge in [-0.05, 0) is 30.7 Å². The Morgan fingerprint density at radius 1 is 1.33 bits per heavy atom. The normalized spacial score (nSPS) is 22.2. The standard InChI is InChI=1S/C14H18N2OS/c15-16-14(13-7-3-4-8-18-13)12-9-10-5-1-2-6-11(10)17-12/h1-2,5-6,9,13-14,16H,3-4,7-8,15H2. The first-order valence-corrected chi connectivity index (χ1v) is 7.49. The number of hydrogen-bond acceptors (Lipinski definition) is 4. The van der Waals surface area contributed by atoms with E-state index in [-0.39, 0.29) is 6.04 Å². The van der Waals surface area contributed by atoms with Gasteiger partial charge in [-0.1, -0.05) is 24.6 Å². The highest BCUT2D eigenvalue weighted by Crippen LogP contribution is 2.36. The van der Waals surface area contributed by atoms with E-state index in [0.29, 0.717) is 5.25 Å². The highest BCUT2D eigenvalue weighted by atomic mass is 32.2. The number of furan rings is 1. The number of para-hydroxylation sites is 1. The Hall–Kier alpha value is -0.970. The van der Waals surface area contributed by atoms with Gasteiger partial charge in [-0.25, -0.2) is 5.43 Å². The summed E-state index contributed by atoms with van der Waals surface area (Å²) in [6.45, 7) is 0. The van der Waals surface area contributed by atoms with E-state index < -0.39 is 0 Å². The van der Waals surface area contributed by atoms with Gasteiger partial charge in [0, 0.05) is 10.6 Å². The molecule has 1 aromatic carbocycles. The van der Waals surface area contributed by atoms with Gasteiger partial charge in [0.1, 0.15) is 11.3 Å². The van der Waals surface area contributed by atoms with E-state index in [1.807, 2.05) is 30.0 Å². The molecule has 1 aromatic heterocycles. The van der Waals surface area contributed by atoms with Crippen LogP contribution in [0.4, 0.5) is 0 Å². The van der Waals surface area contributed by atoms with Gasteiger partial charge in [-0.3, -0.25) is 5.84 Å². The van der Waals surface area contributed by atoms with E-state index in [9.17, 15) is 0 Å². The molecule has 1 saturated heterocycles. The molecule has 0 saturated carbocycles. The van der Waals surface area contributed by atoms with Crippen LogP contribution in [0.1, 0.15) is 31.1 Å². The van der Waals surface area contributed by atoms with Crippen molar-refractivity contribution in [3.63, 3.8) is 0 Å². The molecule has 3 nitrogen and oxygen atoms in total. The molecular formula is C14H18N2OS. The van der Waals surface area contributed by atoms with Gasteiger partial charge >= 0.3 is 0 Å². The van der Waals surface area contributed by atoms with E-state index in [1.54, 1.807) is 0 Å². The summed E-state index contributed by atoms with van der Waals surface area (Å²) < 4.78 is 5.92. The fourth-order valence-electron chi connectivity index (χ4n) is 2.56. The van der Waals surface area contributed by atoms with Gasteiger partial charge in [0.05, 0.1) is 6.04 Å². The van der Waals surface area contributed by atoms with Crippen molar-refractivity contribution >= 4 is 22.7 Å². The predicted molar refractivity (Wildman–Crippen MR) is 76.4 cm³/mol. The summed E-state index contributed by atoms with van der Waals surface area (Å²) in [5.41, 5.74) is 3.87. The summed E-state index contributed by atoms with van der Waals surface area (Å²) >= 11 is 2.00. The SMILES string of the molecule is NNC(c1cc2ccccc2o1)C1CCCCS1. The Morgan fingerprint density at radius 2 is 2.22 bits per heavy atom. The Morgan fingerprint density at radius 3 is 2.94 bits per heavy atom.